The van der Waals surface area contributed by atoms with Crippen molar-refractivity contribution in [1.29, 1.82) is 0 Å². The molecule has 2 heterocycles. The Hall–Kier alpha value is -3.36. The summed E-state index contributed by atoms with van der Waals surface area (Å²) in [6.45, 7) is 0.489. The van der Waals surface area contributed by atoms with Gasteiger partial charge in [-0.15, -0.1) is 0 Å². The maximum Gasteiger partial charge on any atom is 0.255 e. The first-order chi connectivity index (χ1) is 15.9. The van der Waals surface area contributed by atoms with Gasteiger partial charge in [0.15, 0.2) is 0 Å². The Morgan fingerprint density at radius 2 is 1.82 bits per heavy atom. The number of nitrogens with one attached hydrogen (secondary N) is 3. The number of aromatic amines is 2. The number of rotatable bonds is 6. The quantitative estimate of drug-likeness (QED) is 0.319. The molecule has 170 valence electrons. The normalized spacial score (nSPS) is 18.9. The molecule has 0 spiro atoms. The van der Waals surface area contributed by atoms with Gasteiger partial charge >= 0.3 is 0 Å². The molecular formula is C25H22F3N3O2. The van der Waals surface area contributed by atoms with Crippen molar-refractivity contribution in [3.05, 3.63) is 93.7 Å². The number of aliphatic hydroxyl groups excluding tert-OH is 1. The number of hydrogen-bond donors (Lipinski definition) is 4. The molecule has 5 nitrogen and oxygen atoms in total. The molecule has 1 aliphatic rings. The Morgan fingerprint density at radius 1 is 1.06 bits per heavy atom. The van der Waals surface area contributed by atoms with Crippen LogP contribution in [0.1, 0.15) is 36.1 Å². The molecule has 4 aromatic rings. The maximum atomic E-state index is 14.5. The zero-order chi connectivity index (χ0) is 23.1. The Kier molecular flexibility index (Phi) is 5.55. The molecule has 8 heteroatoms. The molecule has 5 rings (SSSR count). The number of halogens is 3. The Balaban J connectivity index is 1.38. The lowest BCUT2D eigenvalue weighted by Crippen LogP contribution is -2.35. The third kappa shape index (κ3) is 4.07. The predicted octanol–water partition coefficient (Wildman–Crippen LogP) is 4.71. The van der Waals surface area contributed by atoms with E-state index in [1.54, 1.807) is 24.3 Å². The van der Waals surface area contributed by atoms with E-state index in [0.717, 1.165) is 24.5 Å². The molecule has 0 amide bonds. The molecule has 4 N–H and O–H groups in total. The summed E-state index contributed by atoms with van der Waals surface area (Å²) in [7, 11) is 0. The van der Waals surface area contributed by atoms with Crippen molar-refractivity contribution in [3.8, 4) is 11.3 Å². The summed E-state index contributed by atoms with van der Waals surface area (Å²) in [6.07, 6.45) is 1.90. The lowest BCUT2D eigenvalue weighted by Gasteiger charge is -2.36. The first kappa shape index (κ1) is 21.5. The van der Waals surface area contributed by atoms with Crippen LogP contribution in [-0.4, -0.2) is 21.6 Å². The van der Waals surface area contributed by atoms with Gasteiger partial charge in [-0.2, -0.15) is 0 Å². The standard InChI is InChI=1S/C25H22F3N3O2/c26-16-5-3-14(4-6-16)22-21(19-10-17(27)11-20(28)23(19)31-22)15-8-13(9-15)12-30-25(33)18-2-1-7-29-24(18)32/h1-7,10-11,13,15,25,30-31,33H,8-9,12H2,(H,29,32)/t13-,15-,25?. The lowest BCUT2D eigenvalue weighted by molar-refractivity contribution is 0.118. The van der Waals surface area contributed by atoms with Crippen LogP contribution in [0.2, 0.25) is 0 Å². The third-order valence-corrected chi connectivity index (χ3v) is 6.38. The number of fused-ring (bicyclic) bond motifs is 1. The Morgan fingerprint density at radius 3 is 2.55 bits per heavy atom. The van der Waals surface area contributed by atoms with E-state index in [1.807, 2.05) is 0 Å². The molecule has 1 aliphatic carbocycles. The summed E-state index contributed by atoms with van der Waals surface area (Å²) >= 11 is 0. The van der Waals surface area contributed by atoms with Gasteiger partial charge in [-0.25, -0.2) is 13.2 Å². The van der Waals surface area contributed by atoms with Gasteiger partial charge in [-0.1, -0.05) is 0 Å². The topological polar surface area (TPSA) is 80.9 Å². The summed E-state index contributed by atoms with van der Waals surface area (Å²) in [5.74, 6) is -1.44. The van der Waals surface area contributed by atoms with E-state index >= 15 is 0 Å². The zero-order valence-corrected chi connectivity index (χ0v) is 17.5. The van der Waals surface area contributed by atoms with Crippen LogP contribution in [0.5, 0.6) is 0 Å². The van der Waals surface area contributed by atoms with E-state index in [-0.39, 0.29) is 34.3 Å². The number of hydrogen-bond acceptors (Lipinski definition) is 3. The van der Waals surface area contributed by atoms with Crippen molar-refractivity contribution < 1.29 is 18.3 Å². The molecule has 1 unspecified atom stereocenters. The molecule has 1 atom stereocenters. The number of pyridine rings is 1. The van der Waals surface area contributed by atoms with Gasteiger partial charge in [0.2, 0.25) is 0 Å². The largest absolute Gasteiger partial charge is 0.374 e. The summed E-state index contributed by atoms with van der Waals surface area (Å²) in [5, 5.41) is 13.8. The first-order valence-corrected chi connectivity index (χ1v) is 10.8. The smallest absolute Gasteiger partial charge is 0.255 e. The van der Waals surface area contributed by atoms with Crippen LogP contribution in [0.3, 0.4) is 0 Å². The molecule has 2 aromatic carbocycles. The SMILES string of the molecule is O=c1[nH]cccc1C(O)NC[C@H]1C[C@H](c2c(-c3ccc(F)cc3)[nH]c3c(F)cc(F)cc32)C1. The molecule has 0 aliphatic heterocycles. The highest BCUT2D eigenvalue weighted by Crippen LogP contribution is 2.48. The van der Waals surface area contributed by atoms with Crippen molar-refractivity contribution in [1.82, 2.24) is 15.3 Å². The van der Waals surface area contributed by atoms with Gasteiger partial charge in [0.05, 0.1) is 16.8 Å². The summed E-state index contributed by atoms with van der Waals surface area (Å²) < 4.78 is 42.0. The number of H-pyrrole nitrogens is 2. The minimum Gasteiger partial charge on any atom is -0.374 e. The van der Waals surface area contributed by atoms with Crippen LogP contribution in [0.15, 0.2) is 59.5 Å². The van der Waals surface area contributed by atoms with Crippen molar-refractivity contribution >= 4 is 10.9 Å². The fourth-order valence-corrected chi connectivity index (χ4v) is 4.68. The molecule has 0 bridgehead atoms. The van der Waals surface area contributed by atoms with Crippen LogP contribution in [-0.2, 0) is 0 Å². The van der Waals surface area contributed by atoms with Gasteiger partial charge in [-0.05, 0) is 78.3 Å². The van der Waals surface area contributed by atoms with E-state index in [4.69, 9.17) is 0 Å². The van der Waals surface area contributed by atoms with Crippen LogP contribution >= 0.6 is 0 Å². The highest BCUT2D eigenvalue weighted by molar-refractivity contribution is 5.92. The van der Waals surface area contributed by atoms with Crippen molar-refractivity contribution in [2.45, 2.75) is 25.0 Å². The zero-order valence-electron chi connectivity index (χ0n) is 17.5. The van der Waals surface area contributed by atoms with Crippen molar-refractivity contribution in [2.24, 2.45) is 5.92 Å². The van der Waals surface area contributed by atoms with E-state index < -0.39 is 17.9 Å². The van der Waals surface area contributed by atoms with Crippen LogP contribution in [0, 0.1) is 23.4 Å². The maximum absolute atomic E-state index is 14.5. The van der Waals surface area contributed by atoms with Gasteiger partial charge in [0.25, 0.3) is 5.56 Å². The van der Waals surface area contributed by atoms with Crippen LogP contribution in [0.4, 0.5) is 13.2 Å². The molecule has 2 aromatic heterocycles. The summed E-state index contributed by atoms with van der Waals surface area (Å²) in [5.41, 5.74) is 2.28. The minimum atomic E-state index is -1.08. The molecule has 1 fully saturated rings. The van der Waals surface area contributed by atoms with E-state index in [9.17, 15) is 23.1 Å². The average molecular weight is 453 g/mol. The summed E-state index contributed by atoms with van der Waals surface area (Å²) in [4.78, 5) is 17.4. The molecular weight excluding hydrogens is 431 g/mol. The predicted molar refractivity (Wildman–Crippen MR) is 119 cm³/mol. The van der Waals surface area contributed by atoms with Gasteiger partial charge in [-0.3, -0.25) is 10.1 Å². The monoisotopic (exact) mass is 453 g/mol. The van der Waals surface area contributed by atoms with Crippen molar-refractivity contribution in [2.75, 3.05) is 6.54 Å². The highest BCUT2D eigenvalue weighted by atomic mass is 19.1. The number of benzene rings is 2. The van der Waals surface area contributed by atoms with Gasteiger partial charge in [0.1, 0.15) is 23.7 Å². The van der Waals surface area contributed by atoms with Crippen LogP contribution < -0.4 is 10.9 Å². The molecule has 0 saturated heterocycles. The second-order valence-electron chi connectivity index (χ2n) is 8.53. The van der Waals surface area contributed by atoms with Gasteiger partial charge < -0.3 is 15.1 Å². The second-order valence-corrected chi connectivity index (χ2v) is 8.53. The van der Waals surface area contributed by atoms with E-state index in [1.165, 1.54) is 24.4 Å². The molecule has 0 radical (unpaired) electrons. The molecule has 33 heavy (non-hydrogen) atoms. The van der Waals surface area contributed by atoms with Gasteiger partial charge in [0, 0.05) is 24.2 Å². The highest BCUT2D eigenvalue weighted by Gasteiger charge is 2.35. The Bertz CT molecular complexity index is 1360. The summed E-state index contributed by atoms with van der Waals surface area (Å²) in [6, 6.07) is 11.3. The average Bonchev–Trinajstić information content (AvgIpc) is 3.13. The number of aliphatic hydroxyl groups is 1. The fraction of sp³-hybridized carbons (Fsp3) is 0.240. The lowest BCUT2D eigenvalue weighted by atomic mass is 9.70. The molecule has 1 saturated carbocycles. The minimum absolute atomic E-state index is 0.0454. The third-order valence-electron chi connectivity index (χ3n) is 6.38. The van der Waals surface area contributed by atoms with E-state index in [2.05, 4.69) is 15.3 Å². The van der Waals surface area contributed by atoms with Crippen LogP contribution in [0.25, 0.3) is 22.2 Å². The first-order valence-electron chi connectivity index (χ1n) is 10.8. The van der Waals surface area contributed by atoms with Crippen molar-refractivity contribution in [3.63, 3.8) is 0 Å². The van der Waals surface area contributed by atoms with E-state index in [0.29, 0.717) is 23.2 Å². The Labute approximate surface area is 187 Å². The second kappa shape index (κ2) is 8.53. The fourth-order valence-electron chi connectivity index (χ4n) is 4.68. The number of aromatic nitrogens is 2.